The Morgan fingerprint density at radius 3 is 2.66 bits per heavy atom. The van der Waals surface area contributed by atoms with Crippen molar-refractivity contribution in [2.75, 3.05) is 24.6 Å². The molecule has 0 N–H and O–H groups in total. The van der Waals surface area contributed by atoms with Crippen molar-refractivity contribution in [3.05, 3.63) is 100 Å². The van der Waals surface area contributed by atoms with Crippen LogP contribution in [0.15, 0.2) is 59.8 Å². The molecule has 2 aliphatic rings. The first-order valence-electron chi connectivity index (χ1n) is 14.5. The fourth-order valence-electron chi connectivity index (χ4n) is 6.00. The second-order valence-corrected chi connectivity index (χ2v) is 11.4. The maximum Gasteiger partial charge on any atom is 0.193 e. The Balaban J connectivity index is 1.37. The van der Waals surface area contributed by atoms with E-state index in [1.807, 2.05) is 38.5 Å². The molecule has 8 heteroatoms. The Hall–Kier alpha value is -3.78. The van der Waals surface area contributed by atoms with Crippen molar-refractivity contribution in [2.45, 2.75) is 64.7 Å². The van der Waals surface area contributed by atoms with E-state index in [1.165, 1.54) is 6.07 Å². The van der Waals surface area contributed by atoms with Crippen LogP contribution in [0.1, 0.15) is 54.2 Å². The van der Waals surface area contributed by atoms with Crippen LogP contribution < -0.4 is 15.1 Å². The highest BCUT2D eigenvalue weighted by Gasteiger charge is 2.30. The van der Waals surface area contributed by atoms with Gasteiger partial charge in [0.25, 0.3) is 0 Å². The number of hydrogen-bond donors (Lipinski definition) is 0. The number of anilines is 1. The van der Waals surface area contributed by atoms with Crippen LogP contribution >= 0.6 is 0 Å². The molecule has 213 valence electrons. The number of rotatable bonds is 9. The number of benzene rings is 1. The van der Waals surface area contributed by atoms with Gasteiger partial charge in [-0.2, -0.15) is 0 Å². The molecule has 1 aliphatic heterocycles. The Labute approximate surface area is 240 Å². The fraction of sp³-hybridized carbons (Fsp3) is 0.394. The van der Waals surface area contributed by atoms with Gasteiger partial charge in [-0.05, 0) is 82.3 Å². The predicted molar refractivity (Wildman–Crippen MR) is 160 cm³/mol. The molecule has 7 nitrogen and oxygen atoms in total. The van der Waals surface area contributed by atoms with E-state index in [9.17, 15) is 9.18 Å². The molecule has 1 aromatic carbocycles. The molecule has 0 bridgehead atoms. The third-order valence-electron chi connectivity index (χ3n) is 8.25. The van der Waals surface area contributed by atoms with E-state index in [2.05, 4.69) is 49.5 Å². The number of nitrogens with zero attached hydrogens (tertiary/aromatic N) is 5. The number of aromatic nitrogens is 3. The number of aryl methyl sites for hydroxylation is 2. The monoisotopic (exact) mass is 554 g/mol. The molecule has 2 fully saturated rings. The molecule has 1 saturated carbocycles. The minimum Gasteiger partial charge on any atom is -0.490 e. The maximum absolute atomic E-state index is 14.9. The van der Waals surface area contributed by atoms with Crippen LogP contribution in [0.25, 0.3) is 10.9 Å². The molecule has 0 amide bonds. The van der Waals surface area contributed by atoms with Crippen LogP contribution in [0.3, 0.4) is 0 Å². The number of halogens is 1. The molecule has 0 spiro atoms. The fourth-order valence-corrected chi connectivity index (χ4v) is 6.00. The normalized spacial score (nSPS) is 17.4. The molecule has 41 heavy (non-hydrogen) atoms. The van der Waals surface area contributed by atoms with E-state index in [0.29, 0.717) is 30.1 Å². The van der Waals surface area contributed by atoms with Gasteiger partial charge in [-0.3, -0.25) is 19.7 Å². The van der Waals surface area contributed by atoms with Gasteiger partial charge in [-0.25, -0.2) is 4.39 Å². The minimum atomic E-state index is -0.531. The predicted octanol–water partition coefficient (Wildman–Crippen LogP) is 5.77. The largest absolute Gasteiger partial charge is 0.490 e. The van der Waals surface area contributed by atoms with E-state index in [1.54, 1.807) is 6.07 Å². The highest BCUT2D eigenvalue weighted by Crippen LogP contribution is 2.38. The minimum absolute atomic E-state index is 0.120. The summed E-state index contributed by atoms with van der Waals surface area (Å²) in [5.41, 5.74) is 5.54. The van der Waals surface area contributed by atoms with E-state index in [0.717, 1.165) is 66.9 Å². The summed E-state index contributed by atoms with van der Waals surface area (Å²) in [7, 11) is 0. The van der Waals surface area contributed by atoms with Gasteiger partial charge in [-0.15, -0.1) is 0 Å². The first-order valence-corrected chi connectivity index (χ1v) is 14.5. The molecule has 6 rings (SSSR count). The van der Waals surface area contributed by atoms with Gasteiger partial charge < -0.3 is 14.2 Å². The highest BCUT2D eigenvalue weighted by atomic mass is 19.1. The topological polar surface area (TPSA) is 63.5 Å². The SMILES string of the molecule is [CH2]COc1cc2c(cc1F)c(=O)c(CN(Cc1ccnc(C)c1)[C@H]1CCCN(c3ccc(C)nc3)C1)cn2C1CC1. The zero-order valence-corrected chi connectivity index (χ0v) is 23.9. The van der Waals surface area contributed by atoms with Crippen molar-refractivity contribution in [1.82, 2.24) is 19.4 Å². The Morgan fingerprint density at radius 2 is 1.93 bits per heavy atom. The summed E-state index contributed by atoms with van der Waals surface area (Å²) in [5, 5.41) is 0.402. The van der Waals surface area contributed by atoms with Gasteiger partial charge in [0.05, 0.1) is 24.0 Å². The molecule has 1 radical (unpaired) electrons. The third kappa shape index (κ3) is 5.98. The quantitative estimate of drug-likeness (QED) is 0.262. The summed E-state index contributed by atoms with van der Waals surface area (Å²) < 4.78 is 22.5. The van der Waals surface area contributed by atoms with Crippen LogP contribution in [0.2, 0.25) is 0 Å². The lowest BCUT2D eigenvalue weighted by Gasteiger charge is -2.40. The molecule has 1 atom stereocenters. The van der Waals surface area contributed by atoms with Crippen LogP contribution in [0, 0.1) is 26.6 Å². The van der Waals surface area contributed by atoms with Crippen LogP contribution in [0.4, 0.5) is 10.1 Å². The van der Waals surface area contributed by atoms with Crippen LogP contribution in [-0.4, -0.2) is 45.2 Å². The lowest BCUT2D eigenvalue weighted by atomic mass is 10.0. The van der Waals surface area contributed by atoms with E-state index >= 15 is 0 Å². The van der Waals surface area contributed by atoms with Crippen molar-refractivity contribution < 1.29 is 9.13 Å². The van der Waals surface area contributed by atoms with Crippen LogP contribution in [-0.2, 0) is 13.1 Å². The summed E-state index contributed by atoms with van der Waals surface area (Å²) in [6, 6.07) is 11.9. The first-order chi connectivity index (χ1) is 19.9. The lowest BCUT2D eigenvalue weighted by molar-refractivity contribution is 0.158. The van der Waals surface area contributed by atoms with Crippen molar-refractivity contribution >= 4 is 16.6 Å². The number of ether oxygens (including phenoxy) is 1. The van der Waals surface area contributed by atoms with E-state index in [-0.39, 0.29) is 23.8 Å². The van der Waals surface area contributed by atoms with Crippen molar-refractivity contribution in [2.24, 2.45) is 0 Å². The molecule has 1 saturated heterocycles. The summed E-state index contributed by atoms with van der Waals surface area (Å²) in [5.74, 6) is -0.395. The second kappa shape index (κ2) is 11.6. The van der Waals surface area contributed by atoms with Crippen LogP contribution in [0.5, 0.6) is 5.75 Å². The number of hydrogen-bond acceptors (Lipinski definition) is 6. The molecule has 4 heterocycles. The zero-order chi connectivity index (χ0) is 28.5. The molecule has 4 aromatic rings. The zero-order valence-electron chi connectivity index (χ0n) is 23.9. The van der Waals surface area contributed by atoms with E-state index < -0.39 is 5.82 Å². The van der Waals surface area contributed by atoms with Gasteiger partial charge in [0.1, 0.15) is 0 Å². The Kier molecular flexibility index (Phi) is 7.75. The maximum atomic E-state index is 14.9. The Bertz CT molecular complexity index is 1600. The van der Waals surface area contributed by atoms with Crippen molar-refractivity contribution in [1.29, 1.82) is 0 Å². The average Bonchev–Trinajstić information content (AvgIpc) is 3.81. The van der Waals surface area contributed by atoms with Gasteiger partial charge in [-0.1, -0.05) is 0 Å². The second-order valence-electron chi connectivity index (χ2n) is 11.4. The van der Waals surface area contributed by atoms with Crippen molar-refractivity contribution in [3.8, 4) is 5.75 Å². The molecule has 0 unspecified atom stereocenters. The van der Waals surface area contributed by atoms with Crippen molar-refractivity contribution in [3.63, 3.8) is 0 Å². The van der Waals surface area contributed by atoms with E-state index in [4.69, 9.17) is 4.74 Å². The number of pyridine rings is 3. The number of fused-ring (bicyclic) bond motifs is 1. The Morgan fingerprint density at radius 1 is 1.07 bits per heavy atom. The summed E-state index contributed by atoms with van der Waals surface area (Å²) >= 11 is 0. The number of piperidine rings is 1. The first kappa shape index (κ1) is 27.4. The lowest BCUT2D eigenvalue weighted by Crippen LogP contribution is -2.48. The average molecular weight is 555 g/mol. The highest BCUT2D eigenvalue weighted by molar-refractivity contribution is 5.81. The van der Waals surface area contributed by atoms with Gasteiger partial charge in [0, 0.05) is 79.1 Å². The van der Waals surface area contributed by atoms with Gasteiger partial charge in [0.15, 0.2) is 17.0 Å². The molecule has 1 aliphatic carbocycles. The molecular weight excluding hydrogens is 517 g/mol. The van der Waals surface area contributed by atoms with Gasteiger partial charge in [0.2, 0.25) is 0 Å². The standard InChI is InChI=1S/C33H37FN5O2/c1-4-41-32-16-31-29(15-30(32)34)33(40)25(20-39(31)26-9-10-26)19-38(18-24-11-12-35-23(3)14-24)28-6-5-13-37(21-28)27-8-7-22(2)36-17-27/h7-8,11-12,14-17,20,26,28H,1,4-6,9-10,13,18-19,21H2,2-3H3/t28-/m0/s1. The molecular formula is C33H37FN5O2. The summed E-state index contributed by atoms with van der Waals surface area (Å²) in [6.07, 6.45) is 9.97. The summed E-state index contributed by atoms with van der Waals surface area (Å²) in [4.78, 5) is 27.6. The van der Waals surface area contributed by atoms with Gasteiger partial charge >= 0.3 is 0 Å². The summed E-state index contributed by atoms with van der Waals surface area (Å²) in [6.45, 7) is 10.8. The smallest absolute Gasteiger partial charge is 0.193 e. The molecule has 3 aromatic heterocycles. The third-order valence-corrected chi connectivity index (χ3v) is 8.25.